The average Bonchev–Trinajstić information content (AvgIpc) is 2.98. The lowest BCUT2D eigenvalue weighted by Crippen LogP contribution is -2.47. The maximum absolute atomic E-state index is 6.04. The summed E-state index contributed by atoms with van der Waals surface area (Å²) in [5.41, 5.74) is 2.39. The first-order valence-electron chi connectivity index (χ1n) is 8.40. The fraction of sp³-hybridized carbons (Fsp3) is 0.500. The van der Waals surface area contributed by atoms with E-state index in [0.29, 0.717) is 0 Å². The summed E-state index contributed by atoms with van der Waals surface area (Å²) in [5.74, 6) is 0. The molecular weight excluding hydrogens is 324 g/mol. The minimum atomic E-state index is 0.129. The van der Waals surface area contributed by atoms with Gasteiger partial charge >= 0.3 is 0 Å². The summed E-state index contributed by atoms with van der Waals surface area (Å²) in [6.07, 6.45) is 4.07. The van der Waals surface area contributed by atoms with E-state index in [1.54, 1.807) is 0 Å². The van der Waals surface area contributed by atoms with Crippen LogP contribution in [0.1, 0.15) is 17.2 Å². The highest BCUT2D eigenvalue weighted by Crippen LogP contribution is 2.23. The van der Waals surface area contributed by atoms with E-state index in [0.717, 1.165) is 37.8 Å². The summed E-state index contributed by atoms with van der Waals surface area (Å²) < 4.78 is 8.01. The molecule has 1 saturated heterocycles. The quantitative estimate of drug-likeness (QED) is 0.871. The van der Waals surface area contributed by atoms with Crippen molar-refractivity contribution >= 4 is 11.6 Å². The van der Waals surface area contributed by atoms with Crippen LogP contribution in [-0.4, -0.2) is 54.1 Å². The van der Waals surface area contributed by atoms with Crippen molar-refractivity contribution in [2.45, 2.75) is 25.6 Å². The molecule has 2 heterocycles. The van der Waals surface area contributed by atoms with Gasteiger partial charge in [0.05, 0.1) is 31.5 Å². The van der Waals surface area contributed by atoms with E-state index >= 15 is 0 Å². The van der Waals surface area contributed by atoms with Gasteiger partial charge in [0.1, 0.15) is 0 Å². The molecule has 1 aromatic carbocycles. The highest BCUT2D eigenvalue weighted by Gasteiger charge is 2.27. The number of ether oxygens (including phenoxy) is 1. The van der Waals surface area contributed by atoms with Crippen molar-refractivity contribution in [3.8, 4) is 0 Å². The van der Waals surface area contributed by atoms with Gasteiger partial charge in [-0.3, -0.25) is 4.68 Å². The molecule has 6 heteroatoms. The van der Waals surface area contributed by atoms with Gasteiger partial charge in [0.2, 0.25) is 0 Å². The number of aryl methyl sites for hydroxylation is 1. The lowest BCUT2D eigenvalue weighted by Gasteiger charge is -2.36. The number of benzene rings is 1. The molecule has 24 heavy (non-hydrogen) atoms. The van der Waals surface area contributed by atoms with Gasteiger partial charge < -0.3 is 15.0 Å². The van der Waals surface area contributed by atoms with Crippen molar-refractivity contribution in [2.75, 3.05) is 33.3 Å². The third-order valence-corrected chi connectivity index (χ3v) is 4.62. The maximum atomic E-state index is 6.04. The van der Waals surface area contributed by atoms with E-state index < -0.39 is 0 Å². The summed E-state index contributed by atoms with van der Waals surface area (Å²) in [6, 6.07) is 8.18. The number of aromatic nitrogens is 2. The molecule has 1 aromatic heterocycles. The molecule has 0 bridgehead atoms. The summed E-state index contributed by atoms with van der Waals surface area (Å²) in [6.45, 7) is 6.39. The third kappa shape index (κ3) is 4.57. The second-order valence-electron chi connectivity index (χ2n) is 6.44. The Hall–Kier alpha value is -1.40. The van der Waals surface area contributed by atoms with Gasteiger partial charge in [-0.25, -0.2) is 0 Å². The molecule has 0 aliphatic carbocycles. The van der Waals surface area contributed by atoms with Crippen molar-refractivity contribution in [1.82, 2.24) is 20.0 Å². The van der Waals surface area contributed by atoms with Crippen LogP contribution in [-0.2, 0) is 11.3 Å². The normalized spacial score (nSPS) is 20.2. The molecule has 3 rings (SSSR count). The smallest absolute Gasteiger partial charge is 0.0896 e. The van der Waals surface area contributed by atoms with Gasteiger partial charge in [0.15, 0.2) is 0 Å². The van der Waals surface area contributed by atoms with Crippen molar-refractivity contribution in [2.24, 2.45) is 0 Å². The number of likely N-dealkylation sites (N-methyl/N-ethyl adjacent to an activating group) is 1. The molecule has 2 aromatic rings. The van der Waals surface area contributed by atoms with Crippen molar-refractivity contribution in [1.29, 1.82) is 0 Å². The number of nitrogens with zero attached hydrogens (tertiary/aromatic N) is 3. The Balaban J connectivity index is 1.67. The maximum Gasteiger partial charge on any atom is 0.0896 e. The first-order chi connectivity index (χ1) is 11.6. The predicted molar refractivity (Wildman–Crippen MR) is 96.4 cm³/mol. The molecule has 2 unspecified atom stereocenters. The topological polar surface area (TPSA) is 42.3 Å². The second kappa shape index (κ2) is 8.12. The molecule has 1 aliphatic rings. The number of morpholine rings is 1. The minimum Gasteiger partial charge on any atom is -0.374 e. The standard InChI is InChI=1S/C18H25ClN4O/c1-14-11-21-23(12-14)8-7-20-18(15-3-5-16(19)6-4-15)17-13-22(2)9-10-24-17/h3-6,11-12,17-18,20H,7-10,13H2,1-2H3. The Labute approximate surface area is 148 Å². The zero-order valence-electron chi connectivity index (χ0n) is 14.3. The fourth-order valence-electron chi connectivity index (χ4n) is 3.07. The number of hydrogen-bond acceptors (Lipinski definition) is 4. The molecule has 1 fully saturated rings. The lowest BCUT2D eigenvalue weighted by atomic mass is 10.00. The number of rotatable bonds is 6. The zero-order valence-corrected chi connectivity index (χ0v) is 15.0. The third-order valence-electron chi connectivity index (χ3n) is 4.36. The lowest BCUT2D eigenvalue weighted by molar-refractivity contribution is -0.0394. The van der Waals surface area contributed by atoms with E-state index in [1.165, 1.54) is 11.1 Å². The van der Waals surface area contributed by atoms with Gasteiger partial charge in [-0.05, 0) is 37.2 Å². The van der Waals surface area contributed by atoms with E-state index in [9.17, 15) is 0 Å². The van der Waals surface area contributed by atoms with Crippen molar-refractivity contribution in [3.63, 3.8) is 0 Å². The van der Waals surface area contributed by atoms with Crippen LogP contribution in [0.4, 0.5) is 0 Å². The van der Waals surface area contributed by atoms with E-state index in [1.807, 2.05) is 23.0 Å². The molecule has 130 valence electrons. The average molecular weight is 349 g/mol. The molecule has 0 spiro atoms. The van der Waals surface area contributed by atoms with Crippen LogP contribution in [0.2, 0.25) is 5.02 Å². The fourth-order valence-corrected chi connectivity index (χ4v) is 3.20. The molecule has 2 atom stereocenters. The molecule has 0 amide bonds. The van der Waals surface area contributed by atoms with Crippen molar-refractivity contribution < 1.29 is 4.74 Å². The molecular formula is C18H25ClN4O. The Morgan fingerprint density at radius 2 is 2.17 bits per heavy atom. The Morgan fingerprint density at radius 1 is 1.38 bits per heavy atom. The van der Waals surface area contributed by atoms with Gasteiger partial charge in [-0.1, -0.05) is 23.7 Å². The summed E-state index contributed by atoms with van der Waals surface area (Å²) in [5, 5.41) is 8.74. The number of halogens is 1. The van der Waals surface area contributed by atoms with Crippen LogP contribution in [0.5, 0.6) is 0 Å². The van der Waals surface area contributed by atoms with Gasteiger partial charge in [0.25, 0.3) is 0 Å². The zero-order chi connectivity index (χ0) is 16.9. The summed E-state index contributed by atoms with van der Waals surface area (Å²) >= 11 is 6.04. The molecule has 5 nitrogen and oxygen atoms in total. The Kier molecular flexibility index (Phi) is 5.89. The Bertz CT molecular complexity index is 643. The predicted octanol–water partition coefficient (Wildman–Crippen LogP) is 2.51. The molecule has 0 radical (unpaired) electrons. The number of hydrogen-bond donors (Lipinski definition) is 1. The Morgan fingerprint density at radius 3 is 2.83 bits per heavy atom. The molecule has 1 aliphatic heterocycles. The number of nitrogens with one attached hydrogen (secondary N) is 1. The molecule has 0 saturated carbocycles. The highest BCUT2D eigenvalue weighted by molar-refractivity contribution is 6.30. The second-order valence-corrected chi connectivity index (χ2v) is 6.87. The first kappa shape index (κ1) is 17.4. The van der Waals surface area contributed by atoms with Crippen molar-refractivity contribution in [3.05, 3.63) is 52.8 Å². The van der Waals surface area contributed by atoms with Crippen LogP contribution < -0.4 is 5.32 Å². The van der Waals surface area contributed by atoms with E-state index in [-0.39, 0.29) is 12.1 Å². The van der Waals surface area contributed by atoms with Gasteiger partial charge in [-0.2, -0.15) is 5.10 Å². The van der Waals surface area contributed by atoms with Crippen LogP contribution in [0, 0.1) is 6.92 Å². The van der Waals surface area contributed by atoms with Crippen LogP contribution >= 0.6 is 11.6 Å². The van der Waals surface area contributed by atoms with E-state index in [2.05, 4.69) is 47.6 Å². The van der Waals surface area contributed by atoms with Crippen LogP contribution in [0.15, 0.2) is 36.7 Å². The minimum absolute atomic E-state index is 0.129. The SMILES string of the molecule is Cc1cnn(CCNC(c2ccc(Cl)cc2)C2CN(C)CCO2)c1. The first-order valence-corrected chi connectivity index (χ1v) is 8.77. The van der Waals surface area contributed by atoms with Crippen LogP contribution in [0.25, 0.3) is 0 Å². The van der Waals surface area contributed by atoms with E-state index in [4.69, 9.17) is 16.3 Å². The largest absolute Gasteiger partial charge is 0.374 e. The van der Waals surface area contributed by atoms with Gasteiger partial charge in [-0.15, -0.1) is 0 Å². The molecule has 1 N–H and O–H groups in total. The summed E-state index contributed by atoms with van der Waals surface area (Å²) in [7, 11) is 2.14. The van der Waals surface area contributed by atoms with Gasteiger partial charge in [0, 0.05) is 30.9 Å². The monoisotopic (exact) mass is 348 g/mol. The van der Waals surface area contributed by atoms with Crippen LogP contribution in [0.3, 0.4) is 0 Å². The highest BCUT2D eigenvalue weighted by atomic mass is 35.5. The summed E-state index contributed by atoms with van der Waals surface area (Å²) in [4.78, 5) is 2.32.